The Balaban J connectivity index is 1.49. The van der Waals surface area contributed by atoms with Gasteiger partial charge in [-0.15, -0.1) is 0 Å². The number of nitrogens with zero attached hydrogens (tertiary/aromatic N) is 2. The van der Waals surface area contributed by atoms with Gasteiger partial charge in [0, 0.05) is 22.2 Å². The Hall–Kier alpha value is -1.66. The summed E-state index contributed by atoms with van der Waals surface area (Å²) in [6.45, 7) is 2.01. The van der Waals surface area contributed by atoms with E-state index in [1.54, 1.807) is 24.3 Å². The van der Waals surface area contributed by atoms with Gasteiger partial charge in [-0.3, -0.25) is 15.1 Å². The second-order valence-electron chi connectivity index (χ2n) is 6.55. The molecule has 0 bridgehead atoms. The molecule has 1 aromatic heterocycles. The molecule has 0 spiro atoms. The van der Waals surface area contributed by atoms with Crippen molar-refractivity contribution < 1.29 is 4.79 Å². The highest BCUT2D eigenvalue weighted by atomic mass is 35.5. The Kier molecular flexibility index (Phi) is 6.71. The van der Waals surface area contributed by atoms with E-state index in [4.69, 9.17) is 28.6 Å². The smallest absolute Gasteiger partial charge is 0.182 e. The number of benzene rings is 2. The van der Waals surface area contributed by atoms with Crippen LogP contribution >= 0.6 is 34.5 Å². The van der Waals surface area contributed by atoms with E-state index in [2.05, 4.69) is 0 Å². The van der Waals surface area contributed by atoms with Gasteiger partial charge in [-0.2, -0.15) is 0 Å². The van der Waals surface area contributed by atoms with Gasteiger partial charge in [-0.05, 0) is 68.9 Å². The number of fused-ring (bicyclic) bond motifs is 1. The molecule has 142 valence electrons. The van der Waals surface area contributed by atoms with E-state index in [0.717, 1.165) is 36.1 Å². The number of aryl methyl sites for hydroxylation is 1. The molecule has 0 saturated carbocycles. The molecule has 0 saturated heterocycles. The summed E-state index contributed by atoms with van der Waals surface area (Å²) < 4.78 is 3.06. The molecular formula is C20H21Cl2N3OS. The van der Waals surface area contributed by atoms with Crippen molar-refractivity contribution in [3.63, 3.8) is 0 Å². The second kappa shape index (κ2) is 9.02. The zero-order valence-electron chi connectivity index (χ0n) is 15.0. The van der Waals surface area contributed by atoms with Crippen molar-refractivity contribution in [2.24, 2.45) is 0 Å². The van der Waals surface area contributed by atoms with Crippen LogP contribution in [-0.4, -0.2) is 35.4 Å². The number of unbranched alkanes of at least 4 members (excludes halogenated alkanes) is 1. The SMILES string of the molecule is CN(CCCCn1c(=N)sc2cc(Cl)ccc21)CC(=O)c1ccc(Cl)cc1. The molecule has 0 aliphatic carbocycles. The summed E-state index contributed by atoms with van der Waals surface area (Å²) in [5, 5.41) is 9.50. The van der Waals surface area contributed by atoms with Crippen LogP contribution in [0.4, 0.5) is 0 Å². The van der Waals surface area contributed by atoms with Gasteiger partial charge < -0.3 is 4.57 Å². The van der Waals surface area contributed by atoms with Gasteiger partial charge in [0.05, 0.1) is 16.8 Å². The molecular weight excluding hydrogens is 401 g/mol. The fraction of sp³-hybridized carbons (Fsp3) is 0.300. The minimum atomic E-state index is 0.0951. The van der Waals surface area contributed by atoms with Crippen molar-refractivity contribution in [1.82, 2.24) is 9.47 Å². The number of rotatable bonds is 8. The van der Waals surface area contributed by atoms with Crippen LogP contribution in [0.2, 0.25) is 10.0 Å². The molecule has 0 aliphatic rings. The second-order valence-corrected chi connectivity index (χ2v) is 8.45. The summed E-state index contributed by atoms with van der Waals surface area (Å²) in [4.78, 5) is 14.9. The van der Waals surface area contributed by atoms with Crippen molar-refractivity contribution >= 4 is 50.5 Å². The third kappa shape index (κ3) is 5.20. The molecule has 0 unspecified atom stereocenters. The molecule has 3 aromatic rings. The molecule has 0 atom stereocenters. The van der Waals surface area contributed by atoms with Gasteiger partial charge in [-0.25, -0.2) is 0 Å². The van der Waals surface area contributed by atoms with Crippen LogP contribution in [0.25, 0.3) is 10.2 Å². The molecule has 1 N–H and O–H groups in total. The highest BCUT2D eigenvalue weighted by Gasteiger charge is 2.10. The molecule has 0 radical (unpaired) electrons. The number of carbonyl (C=O) groups is 1. The number of carbonyl (C=O) groups excluding carboxylic acids is 1. The fourth-order valence-electron chi connectivity index (χ4n) is 2.99. The van der Waals surface area contributed by atoms with Gasteiger partial charge >= 0.3 is 0 Å². The van der Waals surface area contributed by atoms with Crippen molar-refractivity contribution in [2.75, 3.05) is 20.1 Å². The third-order valence-corrected chi connectivity index (χ3v) is 5.86. The van der Waals surface area contributed by atoms with E-state index >= 15 is 0 Å². The zero-order valence-corrected chi connectivity index (χ0v) is 17.4. The fourth-order valence-corrected chi connectivity index (χ4v) is 4.33. The van der Waals surface area contributed by atoms with E-state index in [9.17, 15) is 4.79 Å². The van der Waals surface area contributed by atoms with Crippen LogP contribution in [0, 0.1) is 5.41 Å². The van der Waals surface area contributed by atoms with Gasteiger partial charge in [0.1, 0.15) is 0 Å². The summed E-state index contributed by atoms with van der Waals surface area (Å²) in [5.41, 5.74) is 1.74. The van der Waals surface area contributed by atoms with Crippen molar-refractivity contribution in [3.05, 3.63) is 62.9 Å². The Labute approximate surface area is 172 Å². The van der Waals surface area contributed by atoms with Gasteiger partial charge in [0.15, 0.2) is 10.6 Å². The van der Waals surface area contributed by atoms with Crippen molar-refractivity contribution in [3.8, 4) is 0 Å². The maximum Gasteiger partial charge on any atom is 0.182 e. The number of hydrogen-bond donors (Lipinski definition) is 1. The number of halogens is 2. The number of hydrogen-bond acceptors (Lipinski definition) is 4. The van der Waals surface area contributed by atoms with Crippen molar-refractivity contribution in [2.45, 2.75) is 19.4 Å². The molecule has 1 heterocycles. The third-order valence-electron chi connectivity index (χ3n) is 4.42. The lowest BCUT2D eigenvalue weighted by Gasteiger charge is -2.16. The highest BCUT2D eigenvalue weighted by molar-refractivity contribution is 7.16. The summed E-state index contributed by atoms with van der Waals surface area (Å²) in [7, 11) is 1.96. The summed E-state index contributed by atoms with van der Waals surface area (Å²) in [6.07, 6.45) is 1.91. The predicted octanol–water partition coefficient (Wildman–Crippen LogP) is 5.08. The Morgan fingerprint density at radius 2 is 1.81 bits per heavy atom. The van der Waals surface area contributed by atoms with E-state index in [1.165, 1.54) is 11.3 Å². The number of likely N-dealkylation sites (N-methyl/N-ethyl adjacent to an activating group) is 1. The van der Waals surface area contributed by atoms with E-state index in [1.807, 2.05) is 34.7 Å². The molecule has 4 nitrogen and oxygen atoms in total. The summed E-state index contributed by atoms with van der Waals surface area (Å²) in [6, 6.07) is 12.8. The first-order chi connectivity index (χ1) is 12.9. The van der Waals surface area contributed by atoms with E-state index < -0.39 is 0 Å². The maximum absolute atomic E-state index is 12.3. The van der Waals surface area contributed by atoms with Gasteiger partial charge in [0.2, 0.25) is 0 Å². The van der Waals surface area contributed by atoms with E-state index in [0.29, 0.717) is 27.0 Å². The molecule has 27 heavy (non-hydrogen) atoms. The average molecular weight is 422 g/mol. The van der Waals surface area contributed by atoms with E-state index in [-0.39, 0.29) is 5.78 Å². The summed E-state index contributed by atoms with van der Waals surface area (Å²) in [5.74, 6) is 0.0951. The first-order valence-corrected chi connectivity index (χ1v) is 10.3. The largest absolute Gasteiger partial charge is 0.317 e. The molecule has 0 aliphatic heterocycles. The predicted molar refractivity (Wildman–Crippen MR) is 113 cm³/mol. The summed E-state index contributed by atoms with van der Waals surface area (Å²) >= 11 is 13.3. The minimum Gasteiger partial charge on any atom is -0.317 e. The Morgan fingerprint density at radius 3 is 2.56 bits per heavy atom. The first-order valence-electron chi connectivity index (χ1n) is 8.75. The van der Waals surface area contributed by atoms with Crippen LogP contribution in [0.1, 0.15) is 23.2 Å². The van der Waals surface area contributed by atoms with Crippen LogP contribution in [0.15, 0.2) is 42.5 Å². The normalized spacial score (nSPS) is 11.4. The lowest BCUT2D eigenvalue weighted by Crippen LogP contribution is -2.27. The lowest BCUT2D eigenvalue weighted by molar-refractivity contribution is 0.0945. The molecule has 2 aromatic carbocycles. The Morgan fingerprint density at radius 1 is 1.11 bits per heavy atom. The number of ketones is 1. The minimum absolute atomic E-state index is 0.0951. The molecule has 3 rings (SSSR count). The highest BCUT2D eigenvalue weighted by Crippen LogP contribution is 2.22. The van der Waals surface area contributed by atoms with Crippen LogP contribution in [-0.2, 0) is 6.54 Å². The first kappa shape index (κ1) is 20.1. The topological polar surface area (TPSA) is 49.1 Å². The number of nitrogens with one attached hydrogen (secondary N) is 1. The Bertz CT molecular complexity index is 995. The lowest BCUT2D eigenvalue weighted by atomic mass is 10.1. The average Bonchev–Trinajstić information content (AvgIpc) is 2.93. The molecule has 0 amide bonds. The standard InChI is InChI=1S/C20H21Cl2N3OS/c1-24(13-18(26)14-4-6-15(21)7-5-14)10-2-3-11-25-17-9-8-16(22)12-19(17)27-20(25)23/h4-9,12,23H,2-3,10-11,13H2,1H3. The van der Waals surface area contributed by atoms with Crippen LogP contribution < -0.4 is 4.80 Å². The van der Waals surface area contributed by atoms with Crippen molar-refractivity contribution in [1.29, 1.82) is 5.41 Å². The number of aromatic nitrogens is 1. The van der Waals surface area contributed by atoms with Gasteiger partial charge in [0.25, 0.3) is 0 Å². The maximum atomic E-state index is 12.3. The van der Waals surface area contributed by atoms with Crippen LogP contribution in [0.3, 0.4) is 0 Å². The molecule has 7 heteroatoms. The molecule has 0 fully saturated rings. The monoisotopic (exact) mass is 421 g/mol. The quantitative estimate of drug-likeness (QED) is 0.406. The number of thiazole rings is 1. The zero-order chi connectivity index (χ0) is 19.4. The van der Waals surface area contributed by atoms with Crippen LogP contribution in [0.5, 0.6) is 0 Å². The van der Waals surface area contributed by atoms with Gasteiger partial charge in [-0.1, -0.05) is 34.5 Å². The number of Topliss-reactive ketones (excluding diaryl/α,β-unsaturated/α-hetero) is 1.